The van der Waals surface area contributed by atoms with Gasteiger partial charge in [-0.3, -0.25) is 9.69 Å². The van der Waals surface area contributed by atoms with E-state index in [1.807, 2.05) is 35.2 Å². The van der Waals surface area contributed by atoms with E-state index in [2.05, 4.69) is 0 Å². The summed E-state index contributed by atoms with van der Waals surface area (Å²) in [5.41, 5.74) is -0.666. The van der Waals surface area contributed by atoms with Crippen LogP contribution >= 0.6 is 0 Å². The van der Waals surface area contributed by atoms with E-state index in [0.29, 0.717) is 40.5 Å². The Bertz CT molecular complexity index is 1690. The van der Waals surface area contributed by atoms with E-state index >= 15 is 0 Å². The van der Waals surface area contributed by atoms with Gasteiger partial charge in [-0.15, -0.1) is 0 Å². The summed E-state index contributed by atoms with van der Waals surface area (Å²) in [6, 6.07) is 9.68. The Kier molecular flexibility index (Phi) is 8.71. The highest BCUT2D eigenvalue weighted by Crippen LogP contribution is 2.46. The summed E-state index contributed by atoms with van der Waals surface area (Å²) < 4.78 is 92.8. The van der Waals surface area contributed by atoms with Gasteiger partial charge < -0.3 is 19.5 Å². The third-order valence-electron chi connectivity index (χ3n) is 9.47. The number of nitrogens with zero attached hydrogens (tertiary/aromatic N) is 3. The molecule has 3 aliphatic rings. The van der Waals surface area contributed by atoms with Crippen molar-refractivity contribution < 1.29 is 50.5 Å². The summed E-state index contributed by atoms with van der Waals surface area (Å²) >= 11 is 0. The van der Waals surface area contributed by atoms with Gasteiger partial charge in [-0.2, -0.15) is 26.3 Å². The molecule has 3 aromatic rings. The second-order valence-corrected chi connectivity index (χ2v) is 12.6. The number of carboxylic acid groups (broad SMARTS) is 1. The maximum absolute atomic E-state index is 13.6. The lowest BCUT2D eigenvalue weighted by atomic mass is 9.70. The van der Waals surface area contributed by atoms with Gasteiger partial charge in [-0.05, 0) is 91.6 Å². The van der Waals surface area contributed by atoms with Gasteiger partial charge in [-0.1, -0.05) is 6.07 Å². The molecule has 2 aliphatic heterocycles. The monoisotopic (exact) mass is 677 g/mol. The molecule has 48 heavy (non-hydrogen) atoms. The van der Waals surface area contributed by atoms with Crippen molar-refractivity contribution >= 4 is 17.9 Å². The van der Waals surface area contributed by atoms with Crippen LogP contribution in [-0.2, 0) is 28.4 Å². The number of alkyl halides is 6. The number of carboxylic acids is 1. The van der Waals surface area contributed by atoms with Crippen LogP contribution in [0.2, 0.25) is 0 Å². The first kappa shape index (κ1) is 33.4. The zero-order chi connectivity index (χ0) is 34.5. The summed E-state index contributed by atoms with van der Waals surface area (Å²) in [4.78, 5) is 32.6. The molecule has 1 aliphatic carbocycles. The number of methoxy groups -OCH3 is 1. The number of cyclic esters (lactones) is 1. The highest BCUT2D eigenvalue weighted by atomic mass is 19.4. The second-order valence-electron chi connectivity index (χ2n) is 12.6. The number of carbonyl (C=O) groups excluding carboxylic acids is 1. The zero-order valence-corrected chi connectivity index (χ0v) is 26.1. The van der Waals surface area contributed by atoms with Crippen molar-refractivity contribution in [3.63, 3.8) is 0 Å². The quantitative estimate of drug-likeness (QED) is 0.229. The van der Waals surface area contributed by atoms with Gasteiger partial charge in [0.2, 0.25) is 0 Å². The Morgan fingerprint density at radius 3 is 2.19 bits per heavy atom. The Morgan fingerprint density at radius 2 is 1.62 bits per heavy atom. The van der Waals surface area contributed by atoms with Crippen molar-refractivity contribution in [3.05, 3.63) is 76.5 Å². The largest absolute Gasteiger partial charge is 0.496 e. The highest BCUT2D eigenvalue weighted by Gasteiger charge is 2.44. The van der Waals surface area contributed by atoms with Gasteiger partial charge in [0.1, 0.15) is 17.7 Å². The Balaban J connectivity index is 1.34. The van der Waals surface area contributed by atoms with Crippen LogP contribution in [-0.4, -0.2) is 53.3 Å². The van der Waals surface area contributed by atoms with Crippen LogP contribution in [0, 0.1) is 5.92 Å². The molecular weight excluding hydrogens is 644 g/mol. The van der Waals surface area contributed by atoms with Gasteiger partial charge in [-0.25, -0.2) is 9.78 Å². The minimum Gasteiger partial charge on any atom is -0.496 e. The van der Waals surface area contributed by atoms with E-state index in [1.54, 1.807) is 0 Å². The normalized spacial score (nSPS) is 22.6. The molecule has 0 bridgehead atoms. The van der Waals surface area contributed by atoms with Crippen LogP contribution in [0.25, 0.3) is 11.1 Å². The fourth-order valence-electron chi connectivity index (χ4n) is 6.65. The number of amides is 1. The van der Waals surface area contributed by atoms with Gasteiger partial charge >= 0.3 is 24.4 Å². The molecule has 0 radical (unpaired) electrons. The number of benzene rings is 2. The van der Waals surface area contributed by atoms with Crippen molar-refractivity contribution in [3.8, 4) is 16.9 Å². The lowest BCUT2D eigenvalue weighted by Gasteiger charge is -2.35. The molecule has 2 saturated heterocycles. The maximum atomic E-state index is 13.6. The molecule has 1 aromatic heterocycles. The zero-order valence-electron chi connectivity index (χ0n) is 26.1. The summed E-state index contributed by atoms with van der Waals surface area (Å²) in [6.07, 6.45) is -9.88. The summed E-state index contributed by atoms with van der Waals surface area (Å²) in [5, 5.41) is 9.15. The van der Waals surface area contributed by atoms with Crippen molar-refractivity contribution in [1.82, 2.24) is 9.88 Å². The number of aliphatic carboxylic acids is 1. The average Bonchev–Trinajstić information content (AvgIpc) is 3.25. The number of rotatable bonds is 9. The van der Waals surface area contributed by atoms with Crippen LogP contribution in [0.5, 0.6) is 5.75 Å². The molecule has 14 heteroatoms. The summed E-state index contributed by atoms with van der Waals surface area (Å²) in [7, 11) is 1.51. The lowest BCUT2D eigenvalue weighted by molar-refractivity contribution is -0.143. The van der Waals surface area contributed by atoms with Crippen molar-refractivity contribution in [2.24, 2.45) is 5.92 Å². The molecule has 0 spiro atoms. The molecule has 2 unspecified atom stereocenters. The molecule has 8 nitrogen and oxygen atoms in total. The standard InChI is InChI=1S/C34H33F6N3O5/c1-18-31(22-13-23(33(35,36)37)16-24(14-22)34(38,39)40)48-32(46)43(18)17-27-25(5-7-29(41-27)42-8-3-9-42)26-15-20(4-6-28(26)47-2)21-10-19(11-21)12-30(44)45/h4-7,13-16,18-19,21,31H,3,8-12,17H2,1-2H3,(H,44,45). The molecule has 1 amide bonds. The van der Waals surface area contributed by atoms with Crippen molar-refractivity contribution in [2.75, 3.05) is 25.1 Å². The number of anilines is 1. The van der Waals surface area contributed by atoms with Gasteiger partial charge in [0.25, 0.3) is 0 Å². The van der Waals surface area contributed by atoms with Crippen molar-refractivity contribution in [1.29, 1.82) is 0 Å². The van der Waals surface area contributed by atoms with Crippen LogP contribution in [0.1, 0.15) is 72.6 Å². The number of halogens is 6. The minimum atomic E-state index is -5.05. The molecule has 3 heterocycles. The third-order valence-corrected chi connectivity index (χ3v) is 9.47. The topological polar surface area (TPSA) is 92.2 Å². The van der Waals surface area contributed by atoms with E-state index in [0.717, 1.165) is 37.9 Å². The fourth-order valence-corrected chi connectivity index (χ4v) is 6.65. The molecule has 1 saturated carbocycles. The molecular formula is C34H33F6N3O5. The third kappa shape index (κ3) is 6.61. The van der Waals surface area contributed by atoms with Gasteiger partial charge in [0.15, 0.2) is 0 Å². The fraction of sp³-hybridized carbons (Fsp3) is 0.441. The second kappa shape index (κ2) is 12.5. The SMILES string of the molecule is COc1ccc(C2CC(CC(=O)O)C2)cc1-c1ccc(N2CCC2)nc1CN1C(=O)OC(c2cc(C(F)(F)F)cc(C(F)(F)F)c2)C1C. The van der Waals surface area contributed by atoms with E-state index in [1.165, 1.54) is 18.9 Å². The predicted octanol–water partition coefficient (Wildman–Crippen LogP) is 8.06. The molecule has 2 atom stereocenters. The lowest BCUT2D eigenvalue weighted by Crippen LogP contribution is -2.38. The van der Waals surface area contributed by atoms with Gasteiger partial charge in [0.05, 0.1) is 36.5 Å². The highest BCUT2D eigenvalue weighted by molar-refractivity contribution is 5.76. The maximum Gasteiger partial charge on any atom is 0.416 e. The van der Waals surface area contributed by atoms with Crippen molar-refractivity contribution in [2.45, 2.75) is 69.6 Å². The van der Waals surface area contributed by atoms with Crippen LogP contribution in [0.15, 0.2) is 48.5 Å². The molecule has 6 rings (SSSR count). The van der Waals surface area contributed by atoms with Crippen LogP contribution in [0.4, 0.5) is 37.0 Å². The van der Waals surface area contributed by atoms with Gasteiger partial charge in [0, 0.05) is 30.6 Å². The summed E-state index contributed by atoms with van der Waals surface area (Å²) in [6.45, 7) is 2.93. The van der Waals surface area contributed by atoms with E-state index in [4.69, 9.17) is 19.6 Å². The number of hydrogen-bond donors (Lipinski definition) is 1. The summed E-state index contributed by atoms with van der Waals surface area (Å²) in [5.74, 6) is 0.594. The number of carbonyl (C=O) groups is 2. The first-order valence-electron chi connectivity index (χ1n) is 15.5. The first-order valence-corrected chi connectivity index (χ1v) is 15.5. The Morgan fingerprint density at radius 1 is 0.958 bits per heavy atom. The van der Waals surface area contributed by atoms with Crippen LogP contribution in [0.3, 0.4) is 0 Å². The number of pyridine rings is 1. The first-order chi connectivity index (χ1) is 22.6. The Hall–Kier alpha value is -4.49. The Labute approximate surface area is 272 Å². The van der Waals surface area contributed by atoms with E-state index < -0.39 is 53.3 Å². The number of hydrogen-bond acceptors (Lipinski definition) is 6. The molecule has 2 aromatic carbocycles. The van der Waals surface area contributed by atoms with E-state index in [9.17, 15) is 35.9 Å². The molecule has 3 fully saturated rings. The number of aromatic nitrogens is 1. The predicted molar refractivity (Wildman–Crippen MR) is 161 cm³/mol. The average molecular weight is 678 g/mol. The minimum absolute atomic E-state index is 0.0393. The van der Waals surface area contributed by atoms with E-state index in [-0.39, 0.29) is 30.9 Å². The molecule has 1 N–H and O–H groups in total. The van der Waals surface area contributed by atoms with Crippen LogP contribution < -0.4 is 9.64 Å². The number of ether oxygens (including phenoxy) is 2. The smallest absolute Gasteiger partial charge is 0.416 e. The molecule has 256 valence electrons.